The monoisotopic (exact) mass is 451 g/mol. The maximum Gasteiger partial charge on any atom is 0.258 e. The van der Waals surface area contributed by atoms with Crippen LogP contribution >= 0.6 is 0 Å². The van der Waals surface area contributed by atoms with Gasteiger partial charge in [-0.3, -0.25) is 14.4 Å². The molecule has 34 heavy (non-hydrogen) atoms. The number of carbonyl (C=O) groups excluding carboxylic acids is 3. The van der Waals surface area contributed by atoms with Crippen LogP contribution < -0.4 is 9.64 Å². The highest BCUT2D eigenvalue weighted by Crippen LogP contribution is 2.20. The number of benzene rings is 3. The quantitative estimate of drug-likeness (QED) is 0.179. The van der Waals surface area contributed by atoms with Gasteiger partial charge >= 0.3 is 0 Å². The molecule has 0 aliphatic carbocycles. The fourth-order valence-corrected chi connectivity index (χ4v) is 3.63. The molecule has 5 heteroatoms. The van der Waals surface area contributed by atoms with Crippen LogP contribution in [0.2, 0.25) is 0 Å². The number of aryl methyl sites for hydroxylation is 1. The number of nitrogens with zero attached hydrogens (tertiary/aromatic N) is 1. The van der Waals surface area contributed by atoms with E-state index in [4.69, 9.17) is 4.74 Å². The molecule has 1 heterocycles. The lowest BCUT2D eigenvalue weighted by molar-refractivity contribution is -0.119. The number of rotatable bonds is 10. The minimum atomic E-state index is -0.306. The molecular formula is C29H25NO4. The zero-order valence-electron chi connectivity index (χ0n) is 18.7. The van der Waals surface area contributed by atoms with Crippen LogP contribution in [0, 0.1) is 0 Å². The van der Waals surface area contributed by atoms with Gasteiger partial charge < -0.3 is 4.74 Å². The van der Waals surface area contributed by atoms with Crippen LogP contribution in [0.4, 0.5) is 5.69 Å². The van der Waals surface area contributed by atoms with E-state index < -0.39 is 0 Å². The predicted octanol–water partition coefficient (Wildman–Crippen LogP) is 5.41. The Kier molecular flexibility index (Phi) is 7.45. The van der Waals surface area contributed by atoms with E-state index in [0.717, 1.165) is 36.1 Å². The number of imide groups is 1. The topological polar surface area (TPSA) is 63.7 Å². The summed E-state index contributed by atoms with van der Waals surface area (Å²) in [7, 11) is 0. The van der Waals surface area contributed by atoms with Gasteiger partial charge in [0.05, 0.1) is 12.3 Å². The van der Waals surface area contributed by atoms with Crippen LogP contribution in [0.15, 0.2) is 97.1 Å². The summed E-state index contributed by atoms with van der Waals surface area (Å²) in [4.78, 5) is 36.8. The number of hydrogen-bond donors (Lipinski definition) is 0. The first-order valence-corrected chi connectivity index (χ1v) is 11.3. The molecular weight excluding hydrogens is 426 g/mol. The lowest BCUT2D eigenvalue weighted by Gasteiger charge is -2.14. The molecule has 0 saturated heterocycles. The summed E-state index contributed by atoms with van der Waals surface area (Å²) in [5.41, 5.74) is 3.35. The Morgan fingerprint density at radius 1 is 0.794 bits per heavy atom. The molecule has 0 fully saturated rings. The fourth-order valence-electron chi connectivity index (χ4n) is 3.63. The van der Waals surface area contributed by atoms with Crippen molar-refractivity contribution in [3.8, 4) is 5.75 Å². The van der Waals surface area contributed by atoms with Crippen LogP contribution in [-0.2, 0) is 16.0 Å². The second kappa shape index (κ2) is 11.1. The molecule has 4 rings (SSSR count). The predicted molar refractivity (Wildman–Crippen MR) is 133 cm³/mol. The van der Waals surface area contributed by atoms with E-state index in [1.54, 1.807) is 36.4 Å². The number of ether oxygens (including phenoxy) is 1. The molecule has 0 saturated carbocycles. The molecule has 0 bridgehead atoms. The van der Waals surface area contributed by atoms with Gasteiger partial charge in [0, 0.05) is 17.7 Å². The molecule has 0 radical (unpaired) electrons. The molecule has 1 aliphatic heterocycles. The van der Waals surface area contributed by atoms with Gasteiger partial charge in [-0.05, 0) is 60.7 Å². The average molecular weight is 452 g/mol. The Labute approximate surface area is 199 Å². The van der Waals surface area contributed by atoms with Gasteiger partial charge in [-0.2, -0.15) is 0 Å². The Morgan fingerprint density at radius 3 is 2.15 bits per heavy atom. The molecule has 0 unspecified atom stereocenters. The van der Waals surface area contributed by atoms with Crippen LogP contribution in [0.5, 0.6) is 5.75 Å². The molecule has 3 aromatic carbocycles. The third-order valence-electron chi connectivity index (χ3n) is 5.50. The van der Waals surface area contributed by atoms with E-state index in [1.807, 2.05) is 54.6 Å². The summed E-state index contributed by atoms with van der Waals surface area (Å²) in [5.74, 6) is 0.161. The summed E-state index contributed by atoms with van der Waals surface area (Å²) in [5, 5.41) is 0. The Morgan fingerprint density at radius 2 is 1.47 bits per heavy atom. The Hall–Kier alpha value is -4.25. The zero-order valence-corrected chi connectivity index (χ0v) is 18.7. The molecule has 0 N–H and O–H groups in total. The maximum absolute atomic E-state index is 12.1. The van der Waals surface area contributed by atoms with Crippen LogP contribution in [0.3, 0.4) is 0 Å². The van der Waals surface area contributed by atoms with Crippen molar-refractivity contribution in [1.29, 1.82) is 0 Å². The maximum atomic E-state index is 12.1. The van der Waals surface area contributed by atoms with Gasteiger partial charge in [-0.1, -0.05) is 60.7 Å². The van der Waals surface area contributed by atoms with Crippen molar-refractivity contribution >= 4 is 29.4 Å². The van der Waals surface area contributed by atoms with Gasteiger partial charge in [0.2, 0.25) is 0 Å². The van der Waals surface area contributed by atoms with Gasteiger partial charge in [0.25, 0.3) is 11.8 Å². The lowest BCUT2D eigenvalue weighted by Crippen LogP contribution is -2.29. The van der Waals surface area contributed by atoms with Gasteiger partial charge in [-0.15, -0.1) is 0 Å². The van der Waals surface area contributed by atoms with Gasteiger partial charge in [0.15, 0.2) is 5.78 Å². The minimum absolute atomic E-state index is 0.0226. The first-order chi connectivity index (χ1) is 16.6. The number of hydrogen-bond acceptors (Lipinski definition) is 4. The third-order valence-corrected chi connectivity index (χ3v) is 5.50. The summed E-state index contributed by atoms with van der Waals surface area (Å²) < 4.78 is 5.82. The molecule has 0 aromatic heterocycles. The Bertz CT molecular complexity index is 1190. The SMILES string of the molecule is O=C(/C=C/c1ccc(OCCCCc2ccc(N3C(=O)C=CC3=O)cc2)cc1)c1ccccc1. The average Bonchev–Trinajstić information content (AvgIpc) is 3.21. The number of allylic oxidation sites excluding steroid dienone is 1. The molecule has 1 aliphatic rings. The van der Waals surface area contributed by atoms with E-state index >= 15 is 0 Å². The standard InChI is InChI=1S/C29H25NO4/c31-27(24-7-2-1-3-8-24)18-13-23-11-16-26(17-12-23)34-21-5-4-6-22-9-14-25(15-10-22)30-28(32)19-20-29(30)33/h1-3,7-20H,4-6,21H2/b18-13+. The molecule has 0 spiro atoms. The summed E-state index contributed by atoms with van der Waals surface area (Å²) in [6, 6.07) is 24.4. The molecule has 5 nitrogen and oxygen atoms in total. The zero-order chi connectivity index (χ0) is 23.8. The van der Waals surface area contributed by atoms with Crippen molar-refractivity contribution in [3.05, 3.63) is 114 Å². The van der Waals surface area contributed by atoms with E-state index in [1.165, 1.54) is 17.1 Å². The van der Waals surface area contributed by atoms with Crippen molar-refractivity contribution in [1.82, 2.24) is 0 Å². The number of unbranched alkanes of at least 4 members (excludes halogenated alkanes) is 1. The third kappa shape index (κ3) is 5.95. The van der Waals surface area contributed by atoms with Crippen molar-refractivity contribution in [3.63, 3.8) is 0 Å². The van der Waals surface area contributed by atoms with Gasteiger partial charge in [-0.25, -0.2) is 4.90 Å². The van der Waals surface area contributed by atoms with Crippen molar-refractivity contribution in [2.75, 3.05) is 11.5 Å². The second-order valence-electron chi connectivity index (χ2n) is 7.95. The first kappa shape index (κ1) is 22.9. The van der Waals surface area contributed by atoms with Crippen LogP contribution in [-0.4, -0.2) is 24.2 Å². The summed E-state index contributed by atoms with van der Waals surface area (Å²) in [6.45, 7) is 0.613. The first-order valence-electron chi connectivity index (χ1n) is 11.3. The smallest absolute Gasteiger partial charge is 0.258 e. The van der Waals surface area contributed by atoms with Crippen molar-refractivity contribution in [2.24, 2.45) is 0 Å². The highest BCUT2D eigenvalue weighted by Gasteiger charge is 2.24. The second-order valence-corrected chi connectivity index (χ2v) is 7.95. The van der Waals surface area contributed by atoms with Crippen molar-refractivity contribution < 1.29 is 19.1 Å². The number of ketones is 1. The number of carbonyl (C=O) groups is 3. The van der Waals surface area contributed by atoms with E-state index in [-0.39, 0.29) is 17.6 Å². The molecule has 3 aromatic rings. The fraction of sp³-hybridized carbons (Fsp3) is 0.138. The number of anilines is 1. The molecule has 2 amide bonds. The number of amides is 2. The van der Waals surface area contributed by atoms with Crippen LogP contribution in [0.1, 0.15) is 34.3 Å². The highest BCUT2D eigenvalue weighted by atomic mass is 16.5. The van der Waals surface area contributed by atoms with Gasteiger partial charge in [0.1, 0.15) is 5.75 Å². The van der Waals surface area contributed by atoms with E-state index in [2.05, 4.69) is 0 Å². The van der Waals surface area contributed by atoms with E-state index in [0.29, 0.717) is 17.9 Å². The van der Waals surface area contributed by atoms with Crippen molar-refractivity contribution in [2.45, 2.75) is 19.3 Å². The summed E-state index contributed by atoms with van der Waals surface area (Å²) in [6.07, 6.45) is 8.71. The minimum Gasteiger partial charge on any atom is -0.494 e. The largest absolute Gasteiger partial charge is 0.494 e. The summed E-state index contributed by atoms with van der Waals surface area (Å²) >= 11 is 0. The Balaban J connectivity index is 1.17. The molecule has 170 valence electrons. The molecule has 0 atom stereocenters. The lowest BCUT2D eigenvalue weighted by atomic mass is 10.1. The van der Waals surface area contributed by atoms with E-state index in [9.17, 15) is 14.4 Å². The van der Waals surface area contributed by atoms with Crippen LogP contribution in [0.25, 0.3) is 6.08 Å². The highest BCUT2D eigenvalue weighted by molar-refractivity contribution is 6.28. The normalized spacial score (nSPS) is 13.1.